The van der Waals surface area contributed by atoms with E-state index < -0.39 is 5.41 Å². The van der Waals surface area contributed by atoms with Gasteiger partial charge in [0.15, 0.2) is 5.78 Å². The number of ketones is 1. The third kappa shape index (κ3) is 1.37. The van der Waals surface area contributed by atoms with Crippen molar-refractivity contribution in [2.24, 2.45) is 5.41 Å². The molecule has 0 amide bonds. The zero-order valence-corrected chi connectivity index (χ0v) is 10.6. The van der Waals surface area contributed by atoms with E-state index in [9.17, 15) is 15.0 Å². The Morgan fingerprint density at radius 3 is 2.45 bits per heavy atom. The fourth-order valence-electron chi connectivity index (χ4n) is 3.24. The van der Waals surface area contributed by atoms with Crippen molar-refractivity contribution in [3.63, 3.8) is 0 Å². The molecule has 2 aromatic carbocycles. The number of carbonyl (C=O) groups is 1. The molecule has 2 aliphatic rings. The lowest BCUT2D eigenvalue weighted by Gasteiger charge is -2.15. The minimum Gasteiger partial charge on any atom is -0.508 e. The average Bonchev–Trinajstić information content (AvgIpc) is 2.88. The monoisotopic (exact) mass is 264 g/mol. The Balaban J connectivity index is 1.93. The molecule has 0 aliphatic heterocycles. The number of fused-ring (bicyclic) bond motifs is 2. The van der Waals surface area contributed by atoms with Gasteiger partial charge in [0, 0.05) is 5.56 Å². The van der Waals surface area contributed by atoms with Crippen molar-refractivity contribution >= 4 is 17.9 Å². The highest BCUT2D eigenvalue weighted by Gasteiger charge is 2.43. The highest BCUT2D eigenvalue weighted by molar-refractivity contribution is 6.13. The second-order valence-corrected chi connectivity index (χ2v) is 5.49. The summed E-state index contributed by atoms with van der Waals surface area (Å²) in [5.41, 5.74) is 0.888. The third-order valence-corrected chi connectivity index (χ3v) is 4.14. The van der Waals surface area contributed by atoms with Crippen LogP contribution in [0.1, 0.15) is 15.9 Å². The number of phenols is 2. The van der Waals surface area contributed by atoms with Gasteiger partial charge in [-0.25, -0.2) is 0 Å². The number of Topliss-reactive ketones (excluding diaryl/α,β-unsaturated/α-hetero) is 1. The van der Waals surface area contributed by atoms with Gasteiger partial charge >= 0.3 is 0 Å². The molecular weight excluding hydrogens is 252 g/mol. The lowest BCUT2D eigenvalue weighted by molar-refractivity contribution is 0.0935. The highest BCUT2D eigenvalue weighted by atomic mass is 16.3. The third-order valence-electron chi connectivity index (χ3n) is 4.14. The average molecular weight is 264 g/mol. The van der Waals surface area contributed by atoms with E-state index in [1.54, 1.807) is 30.3 Å². The van der Waals surface area contributed by atoms with Gasteiger partial charge in [0.25, 0.3) is 0 Å². The summed E-state index contributed by atoms with van der Waals surface area (Å²) >= 11 is 0. The largest absolute Gasteiger partial charge is 0.508 e. The zero-order chi connectivity index (χ0) is 13.9. The molecule has 1 spiro atoms. The topological polar surface area (TPSA) is 57.5 Å². The molecule has 0 saturated carbocycles. The summed E-state index contributed by atoms with van der Waals surface area (Å²) in [7, 11) is 0. The van der Waals surface area contributed by atoms with Crippen molar-refractivity contribution in [2.75, 3.05) is 0 Å². The fraction of sp³-hybridized carbons (Fsp3) is 0.118. The first-order valence-corrected chi connectivity index (χ1v) is 6.49. The normalized spacial score (nSPS) is 22.3. The summed E-state index contributed by atoms with van der Waals surface area (Å²) in [5.74, 6) is 0.441. The second-order valence-electron chi connectivity index (χ2n) is 5.49. The number of hydrogen-bond acceptors (Lipinski definition) is 3. The van der Waals surface area contributed by atoms with E-state index in [4.69, 9.17) is 0 Å². The van der Waals surface area contributed by atoms with Gasteiger partial charge in [-0.2, -0.15) is 0 Å². The van der Waals surface area contributed by atoms with Crippen molar-refractivity contribution in [1.29, 1.82) is 0 Å². The number of benzene rings is 2. The van der Waals surface area contributed by atoms with Gasteiger partial charge in [0.1, 0.15) is 11.5 Å². The summed E-state index contributed by atoms with van der Waals surface area (Å²) in [6.07, 6.45) is 4.44. The highest BCUT2D eigenvalue weighted by Crippen LogP contribution is 2.41. The Labute approximate surface area is 115 Å². The van der Waals surface area contributed by atoms with Gasteiger partial charge in [-0.1, -0.05) is 18.2 Å². The minimum atomic E-state index is -0.660. The van der Waals surface area contributed by atoms with Crippen LogP contribution in [0.2, 0.25) is 0 Å². The molecule has 0 saturated heterocycles. The molecule has 0 radical (unpaired) electrons. The van der Waals surface area contributed by atoms with Crippen molar-refractivity contribution in [1.82, 2.24) is 0 Å². The van der Waals surface area contributed by atoms with Crippen LogP contribution in [0.15, 0.2) is 36.4 Å². The number of carbonyl (C=O) groups excluding carboxylic acids is 1. The van der Waals surface area contributed by atoms with Crippen LogP contribution in [-0.4, -0.2) is 16.0 Å². The first-order valence-electron chi connectivity index (χ1n) is 6.49. The first-order chi connectivity index (χ1) is 9.57. The summed E-state index contributed by atoms with van der Waals surface area (Å²) < 4.78 is 0. The second kappa shape index (κ2) is 3.51. The Kier molecular flexibility index (Phi) is 1.98. The van der Waals surface area contributed by atoms with Crippen LogP contribution in [0, 0.1) is 5.41 Å². The van der Waals surface area contributed by atoms with E-state index in [-0.39, 0.29) is 17.3 Å². The van der Waals surface area contributed by atoms with Crippen LogP contribution in [0.3, 0.4) is 0 Å². The van der Waals surface area contributed by atoms with E-state index >= 15 is 0 Å². The van der Waals surface area contributed by atoms with Gasteiger partial charge in [-0.3, -0.25) is 4.79 Å². The van der Waals surface area contributed by atoms with Gasteiger partial charge < -0.3 is 10.2 Å². The minimum absolute atomic E-state index is 0.0585. The first kappa shape index (κ1) is 11.3. The van der Waals surface area contributed by atoms with Crippen LogP contribution in [-0.2, 0) is 6.42 Å². The molecule has 2 N–H and O–H groups in total. The Morgan fingerprint density at radius 1 is 0.900 bits per heavy atom. The van der Waals surface area contributed by atoms with Gasteiger partial charge in [-0.05, 0) is 52.8 Å². The molecule has 0 aromatic heterocycles. The Morgan fingerprint density at radius 2 is 1.60 bits per heavy atom. The number of phenolic OH excluding ortho intramolecular Hbond substituents is 2. The van der Waals surface area contributed by atoms with Gasteiger partial charge in [0.05, 0.1) is 5.41 Å². The molecule has 98 valence electrons. The predicted octanol–water partition coefficient (Wildman–Crippen LogP) is 1.10. The maximum absolute atomic E-state index is 12.7. The van der Waals surface area contributed by atoms with Crippen LogP contribution in [0.5, 0.6) is 11.5 Å². The van der Waals surface area contributed by atoms with E-state index in [1.165, 1.54) is 0 Å². The smallest absolute Gasteiger partial charge is 0.177 e. The lowest BCUT2D eigenvalue weighted by atomic mass is 9.85. The molecule has 0 fully saturated rings. The summed E-state index contributed by atoms with van der Waals surface area (Å²) in [6.45, 7) is 0. The lowest BCUT2D eigenvalue weighted by Crippen LogP contribution is -2.21. The van der Waals surface area contributed by atoms with Crippen molar-refractivity contribution in [2.45, 2.75) is 6.42 Å². The van der Waals surface area contributed by atoms with Gasteiger partial charge in [-0.15, -0.1) is 0 Å². The number of hydrogen-bond donors (Lipinski definition) is 2. The predicted molar refractivity (Wildman–Crippen MR) is 74.9 cm³/mol. The number of rotatable bonds is 0. The molecule has 4 rings (SSSR count). The van der Waals surface area contributed by atoms with Crippen LogP contribution in [0.4, 0.5) is 0 Å². The maximum atomic E-state index is 12.7. The van der Waals surface area contributed by atoms with Crippen molar-refractivity contribution in [3.8, 4) is 11.5 Å². The molecular formula is C17H12O3. The molecule has 2 aliphatic carbocycles. The summed E-state index contributed by atoms with van der Waals surface area (Å²) in [6, 6.07) is 10.0. The zero-order valence-electron chi connectivity index (χ0n) is 10.6. The molecule has 1 atom stereocenters. The van der Waals surface area contributed by atoms with E-state index in [0.717, 1.165) is 16.0 Å². The summed E-state index contributed by atoms with van der Waals surface area (Å²) in [5, 5.41) is 21.0. The number of aromatic hydroxyl groups is 2. The van der Waals surface area contributed by atoms with E-state index in [2.05, 4.69) is 0 Å². The van der Waals surface area contributed by atoms with Crippen molar-refractivity contribution < 1.29 is 15.0 Å². The molecule has 20 heavy (non-hydrogen) atoms. The quantitative estimate of drug-likeness (QED) is 0.749. The standard InChI is InChI=1S/C17H12O3/c18-13-2-1-10-7-17(8-11(10)5-13)9-12-6-14(19)3-4-15(12)16(17)20/h1-8,18-19H,9H2. The Bertz CT molecular complexity index is 880. The maximum Gasteiger partial charge on any atom is 0.177 e. The van der Waals surface area contributed by atoms with Crippen LogP contribution < -0.4 is 10.4 Å². The molecule has 3 heteroatoms. The molecule has 1 unspecified atom stereocenters. The van der Waals surface area contributed by atoms with Crippen molar-refractivity contribution in [3.05, 3.63) is 58.0 Å². The van der Waals surface area contributed by atoms with E-state index in [1.807, 2.05) is 18.2 Å². The van der Waals surface area contributed by atoms with Crippen LogP contribution >= 0.6 is 0 Å². The SMILES string of the molecule is O=C1c2ccc(O)cc2CC12C=c1ccc(O)cc1=C2. The van der Waals surface area contributed by atoms with Gasteiger partial charge in [0.2, 0.25) is 0 Å². The van der Waals surface area contributed by atoms with Crippen LogP contribution in [0.25, 0.3) is 12.2 Å². The Hall–Kier alpha value is -2.55. The van der Waals surface area contributed by atoms with E-state index in [0.29, 0.717) is 12.0 Å². The molecule has 0 bridgehead atoms. The molecule has 3 nitrogen and oxygen atoms in total. The molecule has 0 heterocycles. The fourth-order valence-corrected chi connectivity index (χ4v) is 3.24. The summed E-state index contributed by atoms with van der Waals surface area (Å²) in [4.78, 5) is 12.7. The molecule has 2 aromatic rings.